The summed E-state index contributed by atoms with van der Waals surface area (Å²) < 4.78 is 6.90. The standard InChI is InChI=1S/C16H19N7O2/c1-23-13(19-11-20-23)7-9-18-14(24)5-2-6-15-21-16(22-25-15)12-4-3-8-17-10-12/h3-4,8,10-11H,2,5-7,9H2,1H3,(H,18,24). The van der Waals surface area contributed by atoms with E-state index >= 15 is 0 Å². The highest BCUT2D eigenvalue weighted by atomic mass is 16.5. The lowest BCUT2D eigenvalue weighted by atomic mass is 10.2. The van der Waals surface area contributed by atoms with Gasteiger partial charge in [-0.1, -0.05) is 5.16 Å². The summed E-state index contributed by atoms with van der Waals surface area (Å²) in [7, 11) is 1.83. The molecule has 0 aliphatic rings. The fourth-order valence-corrected chi connectivity index (χ4v) is 2.32. The van der Waals surface area contributed by atoms with Crippen molar-refractivity contribution in [1.82, 2.24) is 35.2 Å². The van der Waals surface area contributed by atoms with Gasteiger partial charge >= 0.3 is 0 Å². The van der Waals surface area contributed by atoms with E-state index in [0.29, 0.717) is 43.9 Å². The van der Waals surface area contributed by atoms with Gasteiger partial charge in [-0.2, -0.15) is 10.1 Å². The van der Waals surface area contributed by atoms with Crippen LogP contribution < -0.4 is 5.32 Å². The molecule has 0 atom stereocenters. The molecule has 1 amide bonds. The highest BCUT2D eigenvalue weighted by Crippen LogP contribution is 2.14. The highest BCUT2D eigenvalue weighted by Gasteiger charge is 2.09. The van der Waals surface area contributed by atoms with Crippen LogP contribution in [0.4, 0.5) is 0 Å². The summed E-state index contributed by atoms with van der Waals surface area (Å²) >= 11 is 0. The minimum absolute atomic E-state index is 0.00540. The second-order valence-corrected chi connectivity index (χ2v) is 5.51. The molecular formula is C16H19N7O2. The fourth-order valence-electron chi connectivity index (χ4n) is 2.32. The number of carbonyl (C=O) groups excluding carboxylic acids is 1. The molecule has 0 spiro atoms. The van der Waals surface area contributed by atoms with Gasteiger partial charge in [0.2, 0.25) is 17.6 Å². The first-order chi connectivity index (χ1) is 12.2. The van der Waals surface area contributed by atoms with E-state index in [0.717, 1.165) is 11.4 Å². The van der Waals surface area contributed by atoms with Crippen LogP contribution in [-0.4, -0.2) is 42.3 Å². The third kappa shape index (κ3) is 4.69. The second kappa shape index (κ2) is 8.13. The fraction of sp³-hybridized carbons (Fsp3) is 0.375. The monoisotopic (exact) mass is 341 g/mol. The molecule has 0 aliphatic heterocycles. The number of nitrogens with zero attached hydrogens (tertiary/aromatic N) is 6. The van der Waals surface area contributed by atoms with Crippen LogP contribution in [-0.2, 0) is 24.7 Å². The van der Waals surface area contributed by atoms with Crippen LogP contribution in [0.2, 0.25) is 0 Å². The van der Waals surface area contributed by atoms with E-state index in [1.807, 2.05) is 19.2 Å². The van der Waals surface area contributed by atoms with Crippen molar-refractivity contribution in [3.63, 3.8) is 0 Å². The Hall–Kier alpha value is -3.10. The maximum Gasteiger partial charge on any atom is 0.226 e. The van der Waals surface area contributed by atoms with Crippen LogP contribution in [0.15, 0.2) is 35.4 Å². The first-order valence-corrected chi connectivity index (χ1v) is 8.05. The highest BCUT2D eigenvalue weighted by molar-refractivity contribution is 5.75. The van der Waals surface area contributed by atoms with Gasteiger partial charge in [-0.3, -0.25) is 14.5 Å². The van der Waals surface area contributed by atoms with E-state index < -0.39 is 0 Å². The summed E-state index contributed by atoms with van der Waals surface area (Å²) in [4.78, 5) is 24.3. The Morgan fingerprint density at radius 2 is 2.28 bits per heavy atom. The summed E-state index contributed by atoms with van der Waals surface area (Å²) in [6.07, 6.45) is 7.13. The molecule has 1 N–H and O–H groups in total. The maximum atomic E-state index is 11.8. The molecule has 3 aromatic rings. The molecule has 25 heavy (non-hydrogen) atoms. The van der Waals surface area contributed by atoms with Gasteiger partial charge in [-0.05, 0) is 18.6 Å². The quantitative estimate of drug-likeness (QED) is 0.649. The predicted octanol–water partition coefficient (Wildman–Crippen LogP) is 0.942. The number of hydrogen-bond donors (Lipinski definition) is 1. The third-order valence-electron chi connectivity index (χ3n) is 3.66. The van der Waals surface area contributed by atoms with Crippen molar-refractivity contribution in [1.29, 1.82) is 0 Å². The molecule has 0 radical (unpaired) electrons. The van der Waals surface area contributed by atoms with E-state index in [2.05, 4.69) is 30.5 Å². The Morgan fingerprint density at radius 3 is 3.04 bits per heavy atom. The minimum atomic E-state index is -0.00540. The summed E-state index contributed by atoms with van der Waals surface area (Å²) in [5.74, 6) is 1.87. The molecule has 0 aliphatic carbocycles. The molecule has 3 aromatic heterocycles. The number of hydrogen-bond acceptors (Lipinski definition) is 7. The summed E-state index contributed by atoms with van der Waals surface area (Å²) in [6, 6.07) is 3.68. The molecule has 3 rings (SSSR count). The van der Waals surface area contributed by atoms with Crippen molar-refractivity contribution in [2.45, 2.75) is 25.7 Å². The van der Waals surface area contributed by atoms with E-state index in [4.69, 9.17) is 4.52 Å². The number of rotatable bonds is 8. The van der Waals surface area contributed by atoms with Gasteiger partial charge < -0.3 is 9.84 Å². The number of aromatic nitrogens is 6. The summed E-state index contributed by atoms with van der Waals surface area (Å²) in [5, 5.41) is 10.8. The van der Waals surface area contributed by atoms with Crippen molar-refractivity contribution < 1.29 is 9.32 Å². The number of pyridine rings is 1. The van der Waals surface area contributed by atoms with Crippen LogP contribution in [0.3, 0.4) is 0 Å². The number of nitrogens with one attached hydrogen (secondary N) is 1. The molecule has 9 nitrogen and oxygen atoms in total. The van der Waals surface area contributed by atoms with Crippen molar-refractivity contribution in [3.05, 3.63) is 42.6 Å². The topological polar surface area (TPSA) is 112 Å². The lowest BCUT2D eigenvalue weighted by molar-refractivity contribution is -0.121. The lowest BCUT2D eigenvalue weighted by Gasteiger charge is -2.04. The first-order valence-electron chi connectivity index (χ1n) is 8.05. The van der Waals surface area contributed by atoms with Crippen molar-refractivity contribution in [2.75, 3.05) is 6.54 Å². The van der Waals surface area contributed by atoms with E-state index in [1.54, 1.807) is 17.1 Å². The molecule has 0 saturated heterocycles. The molecule has 0 fully saturated rings. The zero-order valence-electron chi connectivity index (χ0n) is 13.9. The Labute approximate surface area is 144 Å². The van der Waals surface area contributed by atoms with Gasteiger partial charge in [0, 0.05) is 50.8 Å². The molecule has 130 valence electrons. The second-order valence-electron chi connectivity index (χ2n) is 5.51. The Balaban J connectivity index is 1.37. The average molecular weight is 341 g/mol. The van der Waals surface area contributed by atoms with E-state index in [9.17, 15) is 4.79 Å². The lowest BCUT2D eigenvalue weighted by Crippen LogP contribution is -2.26. The van der Waals surface area contributed by atoms with Crippen LogP contribution >= 0.6 is 0 Å². The molecule has 0 unspecified atom stereocenters. The number of aryl methyl sites for hydroxylation is 2. The Kier molecular flexibility index (Phi) is 5.45. The van der Waals surface area contributed by atoms with Crippen molar-refractivity contribution in [3.8, 4) is 11.4 Å². The number of carbonyl (C=O) groups is 1. The SMILES string of the molecule is Cn1ncnc1CCNC(=O)CCCc1nc(-c2cccnc2)no1. The Morgan fingerprint density at radius 1 is 1.36 bits per heavy atom. The van der Waals surface area contributed by atoms with Crippen LogP contribution in [0.5, 0.6) is 0 Å². The molecule has 0 aromatic carbocycles. The Bertz CT molecular complexity index is 813. The minimum Gasteiger partial charge on any atom is -0.356 e. The van der Waals surface area contributed by atoms with Gasteiger partial charge in [0.1, 0.15) is 12.2 Å². The van der Waals surface area contributed by atoms with Gasteiger partial charge in [0.15, 0.2) is 0 Å². The normalized spacial score (nSPS) is 10.8. The number of amides is 1. The van der Waals surface area contributed by atoms with Gasteiger partial charge in [0.25, 0.3) is 0 Å². The molecular weight excluding hydrogens is 322 g/mol. The summed E-state index contributed by atoms with van der Waals surface area (Å²) in [5.41, 5.74) is 0.805. The van der Waals surface area contributed by atoms with Crippen LogP contribution in [0.1, 0.15) is 24.6 Å². The van der Waals surface area contributed by atoms with Gasteiger partial charge in [-0.15, -0.1) is 0 Å². The van der Waals surface area contributed by atoms with Gasteiger partial charge in [0.05, 0.1) is 0 Å². The molecule has 3 heterocycles. The van der Waals surface area contributed by atoms with Crippen LogP contribution in [0, 0.1) is 0 Å². The zero-order valence-corrected chi connectivity index (χ0v) is 13.9. The smallest absolute Gasteiger partial charge is 0.226 e. The maximum absolute atomic E-state index is 11.8. The molecule has 0 bridgehead atoms. The van der Waals surface area contributed by atoms with Crippen molar-refractivity contribution >= 4 is 5.91 Å². The third-order valence-corrected chi connectivity index (χ3v) is 3.66. The zero-order chi connectivity index (χ0) is 17.5. The largest absolute Gasteiger partial charge is 0.356 e. The van der Waals surface area contributed by atoms with Crippen LogP contribution in [0.25, 0.3) is 11.4 Å². The average Bonchev–Trinajstić information content (AvgIpc) is 3.25. The van der Waals surface area contributed by atoms with E-state index in [-0.39, 0.29) is 5.91 Å². The molecule has 9 heteroatoms. The summed E-state index contributed by atoms with van der Waals surface area (Å²) in [6.45, 7) is 0.539. The van der Waals surface area contributed by atoms with Gasteiger partial charge in [-0.25, -0.2) is 4.98 Å². The predicted molar refractivity (Wildman–Crippen MR) is 88.2 cm³/mol. The van der Waals surface area contributed by atoms with Crippen molar-refractivity contribution in [2.24, 2.45) is 7.05 Å². The van der Waals surface area contributed by atoms with E-state index in [1.165, 1.54) is 6.33 Å². The first kappa shape index (κ1) is 16.7. The molecule has 0 saturated carbocycles.